The van der Waals surface area contributed by atoms with Gasteiger partial charge in [-0.15, -0.1) is 0 Å². The molecule has 31 heavy (non-hydrogen) atoms. The zero-order valence-corrected chi connectivity index (χ0v) is 20.3. The highest BCUT2D eigenvalue weighted by Gasteiger charge is 2.42. The van der Waals surface area contributed by atoms with E-state index in [4.69, 9.17) is 26.2 Å². The Kier molecular flexibility index (Phi) is 7.84. The first-order chi connectivity index (χ1) is 14.7. The molecule has 2 aromatic rings. The molecule has 1 aliphatic heterocycles. The second-order valence-corrected chi connectivity index (χ2v) is 9.83. The largest absolute Gasteiger partial charge is 0.482 e. The third-order valence-corrected chi connectivity index (χ3v) is 6.54. The van der Waals surface area contributed by atoms with Crippen LogP contribution in [0.15, 0.2) is 59.1 Å². The van der Waals surface area contributed by atoms with E-state index in [0.29, 0.717) is 10.8 Å². The summed E-state index contributed by atoms with van der Waals surface area (Å²) in [5.74, 6) is 0.0414. The van der Waals surface area contributed by atoms with Gasteiger partial charge < -0.3 is 14.6 Å². The zero-order chi connectivity index (χ0) is 22.7. The number of hydrogen-bond acceptors (Lipinski definition) is 3. The number of aliphatic carboxylic acids is 1. The number of halogens is 2. The van der Waals surface area contributed by atoms with Gasteiger partial charge in [0.05, 0.1) is 12.2 Å². The molecule has 0 aliphatic carbocycles. The third-order valence-electron chi connectivity index (χ3n) is 5.79. The number of benzene rings is 2. The van der Waals surface area contributed by atoms with Crippen molar-refractivity contribution in [3.8, 4) is 5.75 Å². The Bertz CT molecular complexity index is 941. The number of carbonyl (C=O) groups is 1. The number of ether oxygens (including phenoxy) is 2. The summed E-state index contributed by atoms with van der Waals surface area (Å²) in [6, 6.07) is 13.6. The number of hydrogen-bond donors (Lipinski definition) is 1. The van der Waals surface area contributed by atoms with Gasteiger partial charge in [0.2, 0.25) is 0 Å². The lowest BCUT2D eigenvalue weighted by Crippen LogP contribution is -2.39. The van der Waals surface area contributed by atoms with Gasteiger partial charge in [-0.3, -0.25) is 0 Å². The van der Waals surface area contributed by atoms with Gasteiger partial charge in [0.25, 0.3) is 0 Å². The Morgan fingerprint density at radius 2 is 1.97 bits per heavy atom. The van der Waals surface area contributed by atoms with Crippen LogP contribution in [0.2, 0.25) is 5.02 Å². The van der Waals surface area contributed by atoms with Gasteiger partial charge in [-0.05, 0) is 55.2 Å². The van der Waals surface area contributed by atoms with Crippen LogP contribution in [0.25, 0.3) is 0 Å². The Balaban J connectivity index is 2.01. The SMILES string of the molecule is C=C(C)[C@@H]1C[C@@H](c2ccc(Cl)cc2)[C@@H](C(C)C)O[C@H]1c1cc(Br)ccc1OCC(=O)O. The quantitative estimate of drug-likeness (QED) is 0.409. The van der Waals surface area contributed by atoms with Gasteiger partial charge in [0, 0.05) is 26.9 Å². The lowest BCUT2D eigenvalue weighted by Gasteiger charge is -2.44. The summed E-state index contributed by atoms with van der Waals surface area (Å²) in [5.41, 5.74) is 3.06. The van der Waals surface area contributed by atoms with Crippen LogP contribution in [0, 0.1) is 11.8 Å². The fourth-order valence-electron chi connectivity index (χ4n) is 4.31. The van der Waals surface area contributed by atoms with E-state index in [1.54, 1.807) is 6.07 Å². The predicted molar refractivity (Wildman–Crippen MR) is 127 cm³/mol. The van der Waals surface area contributed by atoms with Crippen LogP contribution >= 0.6 is 27.5 Å². The molecular weight excluding hydrogens is 480 g/mol. The second kappa shape index (κ2) is 10.2. The summed E-state index contributed by atoms with van der Waals surface area (Å²) in [4.78, 5) is 11.1. The summed E-state index contributed by atoms with van der Waals surface area (Å²) < 4.78 is 13.3. The van der Waals surface area contributed by atoms with Crippen molar-refractivity contribution < 1.29 is 19.4 Å². The molecule has 1 saturated heterocycles. The van der Waals surface area contributed by atoms with Crippen molar-refractivity contribution in [2.24, 2.45) is 11.8 Å². The first-order valence-electron chi connectivity index (χ1n) is 10.4. The van der Waals surface area contributed by atoms with E-state index < -0.39 is 12.6 Å². The molecule has 2 aromatic carbocycles. The molecule has 0 aromatic heterocycles. The molecule has 0 spiro atoms. The highest BCUT2D eigenvalue weighted by Crippen LogP contribution is 2.50. The van der Waals surface area contributed by atoms with Crippen LogP contribution < -0.4 is 4.74 Å². The van der Waals surface area contributed by atoms with Crippen molar-refractivity contribution in [3.05, 3.63) is 75.2 Å². The maximum Gasteiger partial charge on any atom is 0.341 e. The minimum absolute atomic E-state index is 0.0203. The van der Waals surface area contributed by atoms with E-state index in [0.717, 1.165) is 22.0 Å². The van der Waals surface area contributed by atoms with Crippen molar-refractivity contribution in [2.45, 2.75) is 45.3 Å². The minimum Gasteiger partial charge on any atom is -0.482 e. The van der Waals surface area contributed by atoms with Crippen LogP contribution in [-0.2, 0) is 9.53 Å². The summed E-state index contributed by atoms with van der Waals surface area (Å²) in [6.07, 6.45) is 0.567. The van der Waals surface area contributed by atoms with Crippen LogP contribution in [-0.4, -0.2) is 23.8 Å². The number of carboxylic acids is 1. The van der Waals surface area contributed by atoms with Gasteiger partial charge in [-0.1, -0.05) is 65.7 Å². The molecule has 1 heterocycles. The van der Waals surface area contributed by atoms with Crippen molar-refractivity contribution in [1.29, 1.82) is 0 Å². The van der Waals surface area contributed by atoms with E-state index in [9.17, 15) is 4.79 Å². The van der Waals surface area contributed by atoms with Gasteiger partial charge in [0.15, 0.2) is 6.61 Å². The Labute approximate surface area is 197 Å². The predicted octanol–water partition coefficient (Wildman–Crippen LogP) is 7.03. The molecule has 6 heteroatoms. The number of carboxylic acid groups (broad SMARTS) is 1. The highest BCUT2D eigenvalue weighted by molar-refractivity contribution is 9.10. The average Bonchev–Trinajstić information content (AvgIpc) is 2.72. The molecular formula is C25H28BrClO4. The van der Waals surface area contributed by atoms with E-state index >= 15 is 0 Å². The van der Waals surface area contributed by atoms with Crippen molar-refractivity contribution in [2.75, 3.05) is 6.61 Å². The smallest absolute Gasteiger partial charge is 0.341 e. The normalized spacial score (nSPS) is 23.5. The van der Waals surface area contributed by atoms with Gasteiger partial charge in [0.1, 0.15) is 5.75 Å². The molecule has 0 unspecified atom stereocenters. The van der Waals surface area contributed by atoms with Crippen LogP contribution in [0.1, 0.15) is 50.3 Å². The van der Waals surface area contributed by atoms with Crippen LogP contribution in [0.4, 0.5) is 0 Å². The third kappa shape index (κ3) is 5.71. The second-order valence-electron chi connectivity index (χ2n) is 8.48. The molecule has 0 saturated carbocycles. The molecule has 0 bridgehead atoms. The van der Waals surface area contributed by atoms with E-state index in [2.05, 4.69) is 48.5 Å². The topological polar surface area (TPSA) is 55.8 Å². The van der Waals surface area contributed by atoms with Crippen LogP contribution in [0.5, 0.6) is 5.75 Å². The number of rotatable bonds is 7. The van der Waals surface area contributed by atoms with E-state index in [-0.39, 0.29) is 30.0 Å². The fraction of sp³-hybridized carbons (Fsp3) is 0.400. The summed E-state index contributed by atoms with van der Waals surface area (Å²) in [6.45, 7) is 10.2. The Hall–Kier alpha value is -1.82. The molecule has 1 N–H and O–H groups in total. The standard InChI is InChI=1S/C25H28BrClO4/c1-14(2)19-12-20(16-5-8-18(27)9-6-16)24(15(3)4)31-25(19)21-11-17(26)7-10-22(21)30-13-23(28)29/h5-11,15,19-20,24-25H,1,12-13H2,2-4H3,(H,28,29)/t19-,20-,24+,25+/m0/s1. The average molecular weight is 508 g/mol. The van der Waals surface area contributed by atoms with Gasteiger partial charge in [-0.25, -0.2) is 4.79 Å². The monoisotopic (exact) mass is 506 g/mol. The molecule has 1 aliphatic rings. The van der Waals surface area contributed by atoms with Gasteiger partial charge >= 0.3 is 5.97 Å². The maximum atomic E-state index is 11.1. The molecule has 4 atom stereocenters. The first-order valence-corrected chi connectivity index (χ1v) is 11.5. The molecule has 0 radical (unpaired) electrons. The van der Waals surface area contributed by atoms with Crippen molar-refractivity contribution >= 4 is 33.5 Å². The molecule has 0 amide bonds. The van der Waals surface area contributed by atoms with Gasteiger partial charge in [-0.2, -0.15) is 0 Å². The highest BCUT2D eigenvalue weighted by atomic mass is 79.9. The van der Waals surface area contributed by atoms with E-state index in [1.165, 1.54) is 5.56 Å². The first kappa shape index (κ1) is 23.8. The van der Waals surface area contributed by atoms with Crippen molar-refractivity contribution in [3.63, 3.8) is 0 Å². The Morgan fingerprint density at radius 1 is 1.29 bits per heavy atom. The van der Waals surface area contributed by atoms with Crippen LogP contribution in [0.3, 0.4) is 0 Å². The summed E-state index contributed by atoms with van der Waals surface area (Å²) in [5, 5.41) is 9.79. The lowest BCUT2D eigenvalue weighted by atomic mass is 9.73. The molecule has 4 nitrogen and oxygen atoms in total. The fourth-order valence-corrected chi connectivity index (χ4v) is 4.81. The summed E-state index contributed by atoms with van der Waals surface area (Å²) in [7, 11) is 0. The molecule has 1 fully saturated rings. The van der Waals surface area contributed by atoms with Crippen molar-refractivity contribution in [1.82, 2.24) is 0 Å². The zero-order valence-electron chi connectivity index (χ0n) is 18.0. The Morgan fingerprint density at radius 3 is 2.55 bits per heavy atom. The lowest BCUT2D eigenvalue weighted by molar-refractivity contribution is -0.139. The molecule has 3 rings (SSSR count). The molecule has 166 valence electrons. The summed E-state index contributed by atoms with van der Waals surface area (Å²) >= 11 is 9.65. The minimum atomic E-state index is -1.02. The van der Waals surface area contributed by atoms with E-state index in [1.807, 2.05) is 31.2 Å². The maximum absolute atomic E-state index is 11.1.